The summed E-state index contributed by atoms with van der Waals surface area (Å²) in [5, 5.41) is 10.6. The quantitative estimate of drug-likeness (QED) is 0.628. The molecule has 108 valence electrons. The second-order valence-electron chi connectivity index (χ2n) is 4.62. The van der Waals surface area contributed by atoms with Crippen LogP contribution in [-0.2, 0) is 0 Å². The average Bonchev–Trinajstić information content (AvgIpc) is 3.26. The third-order valence-corrected chi connectivity index (χ3v) is 3.16. The lowest BCUT2D eigenvalue weighted by atomic mass is 10.3. The van der Waals surface area contributed by atoms with Gasteiger partial charge in [0.25, 0.3) is 5.91 Å². The molecule has 4 rings (SSSR count). The number of aromatic nitrogens is 3. The third-order valence-electron chi connectivity index (χ3n) is 3.16. The van der Waals surface area contributed by atoms with Crippen molar-refractivity contribution < 1.29 is 13.7 Å². The molecule has 0 bridgehead atoms. The fourth-order valence-electron chi connectivity index (χ4n) is 2.11. The zero-order chi connectivity index (χ0) is 14.9. The predicted molar refractivity (Wildman–Crippen MR) is 77.4 cm³/mol. The van der Waals surface area contributed by atoms with Gasteiger partial charge in [0.05, 0.1) is 11.8 Å². The van der Waals surface area contributed by atoms with E-state index in [1.54, 1.807) is 35.1 Å². The fourth-order valence-corrected chi connectivity index (χ4v) is 2.11. The summed E-state index contributed by atoms with van der Waals surface area (Å²) in [6.07, 6.45) is 4.98. The van der Waals surface area contributed by atoms with E-state index in [0.29, 0.717) is 17.2 Å². The maximum Gasteiger partial charge on any atom is 0.277 e. The molecule has 0 radical (unpaired) electrons. The highest BCUT2D eigenvalue weighted by atomic mass is 16.5. The number of hydrogen-bond donors (Lipinski definition) is 1. The van der Waals surface area contributed by atoms with Crippen molar-refractivity contribution in [1.82, 2.24) is 14.8 Å². The van der Waals surface area contributed by atoms with E-state index in [9.17, 15) is 4.79 Å². The van der Waals surface area contributed by atoms with Crippen molar-refractivity contribution in [2.75, 3.05) is 5.32 Å². The van der Waals surface area contributed by atoms with Crippen molar-refractivity contribution in [3.63, 3.8) is 0 Å². The Morgan fingerprint density at radius 3 is 3.00 bits per heavy atom. The topological polar surface area (TPSA) is 85.6 Å². The maximum absolute atomic E-state index is 12.2. The van der Waals surface area contributed by atoms with Gasteiger partial charge in [0.1, 0.15) is 0 Å². The van der Waals surface area contributed by atoms with Crippen molar-refractivity contribution in [3.8, 4) is 11.5 Å². The second kappa shape index (κ2) is 4.88. The molecule has 0 aliphatic rings. The largest absolute Gasteiger partial charge is 0.461 e. The number of furan rings is 1. The van der Waals surface area contributed by atoms with Crippen LogP contribution in [0.4, 0.5) is 5.69 Å². The van der Waals surface area contributed by atoms with Crippen LogP contribution in [0.15, 0.2) is 64.0 Å². The maximum atomic E-state index is 12.2. The van der Waals surface area contributed by atoms with E-state index in [-0.39, 0.29) is 11.6 Å². The minimum atomic E-state index is -0.356. The average molecular weight is 294 g/mol. The van der Waals surface area contributed by atoms with Crippen LogP contribution in [0, 0.1) is 0 Å². The Morgan fingerprint density at radius 1 is 1.18 bits per heavy atom. The summed E-state index contributed by atoms with van der Waals surface area (Å²) in [5.74, 6) is 0.569. The zero-order valence-corrected chi connectivity index (χ0v) is 11.3. The van der Waals surface area contributed by atoms with Crippen LogP contribution >= 0.6 is 0 Å². The van der Waals surface area contributed by atoms with Crippen LogP contribution in [0.1, 0.15) is 10.5 Å². The van der Waals surface area contributed by atoms with E-state index in [1.807, 2.05) is 12.1 Å². The van der Waals surface area contributed by atoms with Gasteiger partial charge in [0.15, 0.2) is 11.5 Å². The Hall–Kier alpha value is -3.35. The Balaban J connectivity index is 1.56. The summed E-state index contributed by atoms with van der Waals surface area (Å²) in [6.45, 7) is 0. The molecule has 0 atom stereocenters. The lowest BCUT2D eigenvalue weighted by Crippen LogP contribution is -2.12. The SMILES string of the molecule is O=C(Nc1ccn2nccc2c1)c1cc(-c2ccco2)on1. The molecule has 4 aromatic rings. The number of fused-ring (bicyclic) bond motifs is 1. The smallest absolute Gasteiger partial charge is 0.277 e. The molecule has 0 saturated heterocycles. The van der Waals surface area contributed by atoms with Crippen LogP contribution in [0.5, 0.6) is 0 Å². The van der Waals surface area contributed by atoms with Gasteiger partial charge in [0, 0.05) is 24.1 Å². The van der Waals surface area contributed by atoms with Gasteiger partial charge < -0.3 is 14.3 Å². The molecule has 4 heterocycles. The summed E-state index contributed by atoms with van der Waals surface area (Å²) < 4.78 is 12.0. The molecule has 0 aliphatic carbocycles. The lowest BCUT2D eigenvalue weighted by molar-refractivity contribution is 0.101. The van der Waals surface area contributed by atoms with Crippen molar-refractivity contribution in [2.24, 2.45) is 0 Å². The third kappa shape index (κ3) is 2.14. The summed E-state index contributed by atoms with van der Waals surface area (Å²) in [6, 6.07) is 10.4. The van der Waals surface area contributed by atoms with E-state index in [1.165, 1.54) is 12.3 Å². The summed E-state index contributed by atoms with van der Waals surface area (Å²) in [7, 11) is 0. The molecule has 0 aromatic carbocycles. The first-order valence-electron chi connectivity index (χ1n) is 6.55. The molecular weight excluding hydrogens is 284 g/mol. The van der Waals surface area contributed by atoms with E-state index < -0.39 is 0 Å². The summed E-state index contributed by atoms with van der Waals surface area (Å²) in [5.41, 5.74) is 1.72. The number of carbonyl (C=O) groups excluding carboxylic acids is 1. The molecule has 22 heavy (non-hydrogen) atoms. The Labute approximate surface area is 124 Å². The Bertz CT molecular complexity index is 937. The van der Waals surface area contributed by atoms with Crippen LogP contribution in [0.25, 0.3) is 17.0 Å². The highest BCUT2D eigenvalue weighted by Crippen LogP contribution is 2.21. The molecule has 7 heteroatoms. The molecule has 1 N–H and O–H groups in total. The first-order valence-corrected chi connectivity index (χ1v) is 6.55. The van der Waals surface area contributed by atoms with Crippen LogP contribution in [-0.4, -0.2) is 20.7 Å². The van der Waals surface area contributed by atoms with Gasteiger partial charge in [-0.1, -0.05) is 5.16 Å². The highest BCUT2D eigenvalue weighted by Gasteiger charge is 2.15. The minimum absolute atomic E-state index is 0.180. The van der Waals surface area contributed by atoms with E-state index in [4.69, 9.17) is 8.94 Å². The van der Waals surface area contributed by atoms with E-state index in [2.05, 4.69) is 15.6 Å². The monoisotopic (exact) mass is 294 g/mol. The molecule has 4 aromatic heterocycles. The molecule has 0 spiro atoms. The van der Waals surface area contributed by atoms with Crippen molar-refractivity contribution >= 4 is 17.1 Å². The van der Waals surface area contributed by atoms with Crippen LogP contribution in [0.3, 0.4) is 0 Å². The first-order chi connectivity index (χ1) is 10.8. The molecular formula is C15H10N4O3. The predicted octanol–water partition coefficient (Wildman–Crippen LogP) is 2.83. The van der Waals surface area contributed by atoms with Gasteiger partial charge in [-0.3, -0.25) is 4.79 Å². The van der Waals surface area contributed by atoms with Crippen molar-refractivity contribution in [2.45, 2.75) is 0 Å². The van der Waals surface area contributed by atoms with Gasteiger partial charge >= 0.3 is 0 Å². The normalized spacial score (nSPS) is 10.9. The fraction of sp³-hybridized carbons (Fsp3) is 0. The van der Waals surface area contributed by atoms with Gasteiger partial charge in [-0.25, -0.2) is 4.52 Å². The number of carbonyl (C=O) groups is 1. The number of amides is 1. The molecule has 0 unspecified atom stereocenters. The van der Waals surface area contributed by atoms with Crippen molar-refractivity contribution in [3.05, 3.63) is 60.7 Å². The number of anilines is 1. The molecule has 0 saturated carbocycles. The first kappa shape index (κ1) is 12.4. The van der Waals surface area contributed by atoms with Gasteiger partial charge in [-0.05, 0) is 30.3 Å². The standard InChI is InChI=1S/C15H10N4O3/c20-15(12-9-14(22-18-12)13-2-1-7-21-13)17-10-4-6-19-11(8-10)3-5-16-19/h1-9H,(H,17,20). The number of nitrogens with one attached hydrogen (secondary N) is 1. The Morgan fingerprint density at radius 2 is 2.14 bits per heavy atom. The number of hydrogen-bond acceptors (Lipinski definition) is 5. The highest BCUT2D eigenvalue weighted by molar-refractivity contribution is 6.03. The lowest BCUT2D eigenvalue weighted by Gasteiger charge is -2.02. The van der Waals surface area contributed by atoms with Crippen molar-refractivity contribution in [1.29, 1.82) is 0 Å². The molecule has 0 aliphatic heterocycles. The van der Waals surface area contributed by atoms with Gasteiger partial charge in [0.2, 0.25) is 5.76 Å². The number of nitrogens with zero attached hydrogens (tertiary/aromatic N) is 3. The number of pyridine rings is 1. The minimum Gasteiger partial charge on any atom is -0.461 e. The zero-order valence-electron chi connectivity index (χ0n) is 11.3. The summed E-state index contributed by atoms with van der Waals surface area (Å²) >= 11 is 0. The molecule has 7 nitrogen and oxygen atoms in total. The Kier molecular flexibility index (Phi) is 2.75. The molecule has 1 amide bonds. The van der Waals surface area contributed by atoms with Crippen LogP contribution < -0.4 is 5.32 Å². The van der Waals surface area contributed by atoms with Gasteiger partial charge in [-0.2, -0.15) is 5.10 Å². The van der Waals surface area contributed by atoms with Crippen LogP contribution in [0.2, 0.25) is 0 Å². The van der Waals surface area contributed by atoms with E-state index >= 15 is 0 Å². The second-order valence-corrected chi connectivity index (χ2v) is 4.62. The molecule has 0 fully saturated rings. The summed E-state index contributed by atoms with van der Waals surface area (Å²) in [4.78, 5) is 12.2. The van der Waals surface area contributed by atoms with E-state index in [0.717, 1.165) is 5.52 Å². The number of rotatable bonds is 3. The van der Waals surface area contributed by atoms with Gasteiger partial charge in [-0.15, -0.1) is 0 Å².